The number of anilines is 1. The molecule has 2 aromatic rings. The van der Waals surface area contributed by atoms with E-state index in [0.29, 0.717) is 12.5 Å². The van der Waals surface area contributed by atoms with Crippen LogP contribution in [0.15, 0.2) is 53.5 Å². The fraction of sp³-hybridized carbons (Fsp3) is 0.409. The summed E-state index contributed by atoms with van der Waals surface area (Å²) in [7, 11) is 1.69. The van der Waals surface area contributed by atoms with Gasteiger partial charge in [-0.25, -0.2) is 0 Å². The third-order valence-electron chi connectivity index (χ3n) is 5.12. The number of guanidine groups is 1. The molecule has 1 aliphatic heterocycles. The largest absolute Gasteiger partial charge is 0.497 e. The van der Waals surface area contributed by atoms with Crippen molar-refractivity contribution in [2.24, 2.45) is 10.7 Å². The van der Waals surface area contributed by atoms with Gasteiger partial charge in [0.1, 0.15) is 5.75 Å². The van der Waals surface area contributed by atoms with Crippen molar-refractivity contribution >= 4 is 11.6 Å². The Balaban J connectivity index is 1.71. The highest BCUT2D eigenvalue weighted by Crippen LogP contribution is 2.27. The van der Waals surface area contributed by atoms with E-state index in [1.165, 1.54) is 24.0 Å². The zero-order valence-corrected chi connectivity index (χ0v) is 16.3. The van der Waals surface area contributed by atoms with Crippen LogP contribution in [0.2, 0.25) is 0 Å². The average molecular weight is 367 g/mol. The van der Waals surface area contributed by atoms with Crippen molar-refractivity contribution in [3.05, 3.63) is 59.7 Å². The van der Waals surface area contributed by atoms with Crippen LogP contribution in [0.3, 0.4) is 0 Å². The Labute approximate surface area is 162 Å². The fourth-order valence-corrected chi connectivity index (χ4v) is 3.55. The predicted octanol–water partition coefficient (Wildman–Crippen LogP) is 3.82. The predicted molar refractivity (Wildman–Crippen MR) is 112 cm³/mol. The Morgan fingerprint density at radius 1 is 1.19 bits per heavy atom. The van der Waals surface area contributed by atoms with Gasteiger partial charge in [0.2, 0.25) is 0 Å². The molecule has 0 bridgehead atoms. The topological polar surface area (TPSA) is 62.9 Å². The Bertz CT molecular complexity index is 751. The number of aliphatic imine (C=N–C) groups is 1. The van der Waals surface area contributed by atoms with Gasteiger partial charge in [-0.15, -0.1) is 0 Å². The SMILES string of the molecule is CCc1cccc(NC(N)=NCC(c2ccc(OC)cc2)N2CCCC2)c1. The molecule has 1 aliphatic rings. The van der Waals surface area contributed by atoms with Crippen LogP contribution in [-0.4, -0.2) is 37.6 Å². The lowest BCUT2D eigenvalue weighted by Crippen LogP contribution is -2.30. The summed E-state index contributed by atoms with van der Waals surface area (Å²) in [5.74, 6) is 1.33. The van der Waals surface area contributed by atoms with E-state index < -0.39 is 0 Å². The number of nitrogens with two attached hydrogens (primary N) is 1. The van der Waals surface area contributed by atoms with Crippen LogP contribution in [0, 0.1) is 0 Å². The second-order valence-electron chi connectivity index (χ2n) is 6.94. The lowest BCUT2D eigenvalue weighted by Gasteiger charge is -2.27. The normalized spacial score (nSPS) is 16.3. The first-order valence-electron chi connectivity index (χ1n) is 9.73. The molecule has 0 radical (unpaired) electrons. The van der Waals surface area contributed by atoms with Gasteiger partial charge in [0.25, 0.3) is 0 Å². The molecule has 3 N–H and O–H groups in total. The van der Waals surface area contributed by atoms with E-state index in [-0.39, 0.29) is 6.04 Å². The minimum Gasteiger partial charge on any atom is -0.497 e. The number of aryl methyl sites for hydroxylation is 1. The van der Waals surface area contributed by atoms with Crippen LogP contribution in [0.25, 0.3) is 0 Å². The third kappa shape index (κ3) is 5.23. The van der Waals surface area contributed by atoms with Crippen LogP contribution >= 0.6 is 0 Å². The molecule has 1 heterocycles. The average Bonchev–Trinajstić information content (AvgIpc) is 3.23. The molecule has 1 saturated heterocycles. The first kappa shape index (κ1) is 19.2. The molecule has 27 heavy (non-hydrogen) atoms. The fourth-order valence-electron chi connectivity index (χ4n) is 3.55. The first-order chi connectivity index (χ1) is 13.2. The molecule has 2 aromatic carbocycles. The van der Waals surface area contributed by atoms with Gasteiger partial charge in [-0.2, -0.15) is 0 Å². The molecule has 3 rings (SSSR count). The molecule has 1 fully saturated rings. The molecule has 144 valence electrons. The molecular weight excluding hydrogens is 336 g/mol. The highest BCUT2D eigenvalue weighted by atomic mass is 16.5. The van der Waals surface area contributed by atoms with Crippen molar-refractivity contribution in [2.75, 3.05) is 32.1 Å². The first-order valence-corrected chi connectivity index (χ1v) is 9.73. The molecule has 5 heteroatoms. The van der Waals surface area contributed by atoms with Crippen molar-refractivity contribution < 1.29 is 4.74 Å². The van der Waals surface area contributed by atoms with Crippen molar-refractivity contribution in [3.63, 3.8) is 0 Å². The van der Waals surface area contributed by atoms with Gasteiger partial charge < -0.3 is 15.8 Å². The number of nitrogens with one attached hydrogen (secondary N) is 1. The number of nitrogens with zero attached hydrogens (tertiary/aromatic N) is 2. The van der Waals surface area contributed by atoms with Gasteiger partial charge in [0, 0.05) is 5.69 Å². The Kier molecular flexibility index (Phi) is 6.71. The summed E-state index contributed by atoms with van der Waals surface area (Å²) in [6.45, 7) is 5.00. The van der Waals surface area contributed by atoms with Crippen LogP contribution < -0.4 is 15.8 Å². The number of rotatable bonds is 7. The quantitative estimate of drug-likeness (QED) is 0.578. The summed E-state index contributed by atoms with van der Waals surface area (Å²) >= 11 is 0. The number of ether oxygens (including phenoxy) is 1. The van der Waals surface area contributed by atoms with E-state index in [9.17, 15) is 0 Å². The number of hydrogen-bond donors (Lipinski definition) is 2. The minimum atomic E-state index is 0.237. The molecule has 0 aromatic heterocycles. The molecular formula is C22H30N4O. The van der Waals surface area contributed by atoms with Crippen molar-refractivity contribution in [2.45, 2.75) is 32.2 Å². The van der Waals surface area contributed by atoms with Crippen molar-refractivity contribution in [1.82, 2.24) is 4.90 Å². The van der Waals surface area contributed by atoms with Gasteiger partial charge in [-0.3, -0.25) is 9.89 Å². The molecule has 0 amide bonds. The number of likely N-dealkylation sites (tertiary alicyclic amines) is 1. The maximum absolute atomic E-state index is 6.17. The highest BCUT2D eigenvalue weighted by molar-refractivity contribution is 5.92. The zero-order chi connectivity index (χ0) is 19.1. The monoisotopic (exact) mass is 366 g/mol. The second kappa shape index (κ2) is 9.42. The lowest BCUT2D eigenvalue weighted by molar-refractivity contribution is 0.251. The van der Waals surface area contributed by atoms with Crippen LogP contribution in [0.5, 0.6) is 5.75 Å². The molecule has 1 atom stereocenters. The summed E-state index contributed by atoms with van der Waals surface area (Å²) in [6.07, 6.45) is 3.49. The van der Waals surface area contributed by atoms with E-state index in [2.05, 4.69) is 46.4 Å². The number of hydrogen-bond acceptors (Lipinski definition) is 3. The van der Waals surface area contributed by atoms with Gasteiger partial charge in [-0.1, -0.05) is 31.2 Å². The zero-order valence-electron chi connectivity index (χ0n) is 16.3. The molecule has 0 aliphatic carbocycles. The Hall–Kier alpha value is -2.53. The van der Waals surface area contributed by atoms with E-state index in [1.54, 1.807) is 7.11 Å². The smallest absolute Gasteiger partial charge is 0.193 e. The number of benzene rings is 2. The van der Waals surface area contributed by atoms with E-state index in [1.807, 2.05) is 24.3 Å². The molecule has 5 nitrogen and oxygen atoms in total. The maximum atomic E-state index is 6.17. The highest BCUT2D eigenvalue weighted by Gasteiger charge is 2.23. The molecule has 0 spiro atoms. The van der Waals surface area contributed by atoms with Crippen molar-refractivity contribution in [3.8, 4) is 5.75 Å². The summed E-state index contributed by atoms with van der Waals surface area (Å²) in [4.78, 5) is 7.15. The molecule has 1 unspecified atom stereocenters. The maximum Gasteiger partial charge on any atom is 0.193 e. The standard InChI is InChI=1S/C22H30N4O/c1-3-17-7-6-8-19(15-17)25-22(23)24-16-21(26-13-4-5-14-26)18-9-11-20(27-2)12-10-18/h6-12,15,21H,3-5,13-14,16H2,1-2H3,(H3,23,24,25). The summed E-state index contributed by atoms with van der Waals surface area (Å²) < 4.78 is 5.29. The summed E-state index contributed by atoms with van der Waals surface area (Å²) in [6, 6.07) is 16.8. The lowest BCUT2D eigenvalue weighted by atomic mass is 10.1. The Morgan fingerprint density at radius 2 is 1.93 bits per heavy atom. The van der Waals surface area contributed by atoms with Crippen molar-refractivity contribution in [1.29, 1.82) is 0 Å². The van der Waals surface area contributed by atoms with Crippen LogP contribution in [0.1, 0.15) is 36.9 Å². The van der Waals surface area contributed by atoms with E-state index >= 15 is 0 Å². The number of methoxy groups -OCH3 is 1. The van der Waals surface area contributed by atoms with E-state index in [0.717, 1.165) is 30.9 Å². The third-order valence-corrected chi connectivity index (χ3v) is 5.12. The summed E-state index contributed by atoms with van der Waals surface area (Å²) in [5, 5.41) is 3.22. The van der Waals surface area contributed by atoms with Gasteiger partial charge in [0.05, 0.1) is 19.7 Å². The van der Waals surface area contributed by atoms with Crippen LogP contribution in [-0.2, 0) is 6.42 Å². The van der Waals surface area contributed by atoms with Gasteiger partial charge in [0.15, 0.2) is 5.96 Å². The summed E-state index contributed by atoms with van der Waals surface area (Å²) in [5.41, 5.74) is 9.68. The minimum absolute atomic E-state index is 0.237. The Morgan fingerprint density at radius 3 is 2.59 bits per heavy atom. The van der Waals surface area contributed by atoms with Gasteiger partial charge in [-0.05, 0) is 67.7 Å². The second-order valence-corrected chi connectivity index (χ2v) is 6.94. The van der Waals surface area contributed by atoms with E-state index in [4.69, 9.17) is 10.5 Å². The van der Waals surface area contributed by atoms with Crippen LogP contribution in [0.4, 0.5) is 5.69 Å². The van der Waals surface area contributed by atoms with Gasteiger partial charge >= 0.3 is 0 Å². The molecule has 0 saturated carbocycles.